The first-order chi connectivity index (χ1) is 9.86. The summed E-state index contributed by atoms with van der Waals surface area (Å²) in [4.78, 5) is 2.38. The van der Waals surface area contributed by atoms with Crippen LogP contribution in [-0.4, -0.2) is 30.0 Å². The fourth-order valence-corrected chi connectivity index (χ4v) is 3.14. The van der Waals surface area contributed by atoms with Crippen LogP contribution in [0.15, 0.2) is 60.7 Å². The summed E-state index contributed by atoms with van der Waals surface area (Å²) < 4.78 is 0. The van der Waals surface area contributed by atoms with Crippen LogP contribution in [-0.2, 0) is 0 Å². The first-order valence-corrected chi connectivity index (χ1v) is 7.50. The van der Waals surface area contributed by atoms with E-state index in [2.05, 4.69) is 70.9 Å². The molecule has 1 saturated heterocycles. The highest BCUT2D eigenvalue weighted by molar-refractivity contribution is 6.20. The number of nitrogens with zero attached hydrogens (tertiary/aromatic N) is 1. The van der Waals surface area contributed by atoms with Crippen molar-refractivity contribution < 1.29 is 0 Å². The molecule has 3 rings (SSSR count). The fourth-order valence-electron chi connectivity index (χ4n) is 2.82. The molecular weight excluding hydrogens is 268 g/mol. The van der Waals surface area contributed by atoms with E-state index in [-0.39, 0.29) is 11.5 Å². The molecule has 104 valence electrons. The molecule has 3 heteroatoms. The summed E-state index contributed by atoms with van der Waals surface area (Å²) in [6.45, 7) is 2.78. The lowest BCUT2D eigenvalue weighted by molar-refractivity contribution is 0.173. The van der Waals surface area contributed by atoms with E-state index in [9.17, 15) is 0 Å². The van der Waals surface area contributed by atoms with Crippen molar-refractivity contribution in [3.8, 4) is 0 Å². The van der Waals surface area contributed by atoms with Crippen molar-refractivity contribution in [1.29, 1.82) is 0 Å². The van der Waals surface area contributed by atoms with Gasteiger partial charge in [-0.05, 0) is 11.1 Å². The van der Waals surface area contributed by atoms with Crippen molar-refractivity contribution >= 4 is 11.6 Å². The summed E-state index contributed by atoms with van der Waals surface area (Å²) in [5.74, 6) is 0. The van der Waals surface area contributed by atoms with E-state index in [0.717, 1.165) is 19.6 Å². The van der Waals surface area contributed by atoms with Crippen LogP contribution >= 0.6 is 11.6 Å². The summed E-state index contributed by atoms with van der Waals surface area (Å²) in [7, 11) is 0. The summed E-state index contributed by atoms with van der Waals surface area (Å²) >= 11 is 6.54. The van der Waals surface area contributed by atoms with Gasteiger partial charge >= 0.3 is 0 Å². The average Bonchev–Trinajstić information content (AvgIpc) is 2.52. The van der Waals surface area contributed by atoms with Gasteiger partial charge in [0.25, 0.3) is 0 Å². The molecule has 1 unspecified atom stereocenters. The van der Waals surface area contributed by atoms with Gasteiger partial charge in [-0.25, -0.2) is 0 Å². The number of halogens is 1. The molecule has 20 heavy (non-hydrogen) atoms. The molecule has 2 nitrogen and oxygen atoms in total. The second-order valence-electron chi connectivity index (χ2n) is 5.10. The van der Waals surface area contributed by atoms with Gasteiger partial charge in [0, 0.05) is 19.6 Å². The highest BCUT2D eigenvalue weighted by Gasteiger charge is 2.29. The minimum Gasteiger partial charge on any atom is -0.313 e. The third-order valence-electron chi connectivity index (χ3n) is 3.78. The topological polar surface area (TPSA) is 15.3 Å². The predicted octanol–water partition coefficient (Wildman–Crippen LogP) is 3.25. The second-order valence-corrected chi connectivity index (χ2v) is 5.60. The number of nitrogens with one attached hydrogen (secondary N) is 1. The largest absolute Gasteiger partial charge is 0.313 e. The summed E-state index contributed by atoms with van der Waals surface area (Å²) in [5.41, 5.74) is 2.62. The number of alkyl halides is 1. The Morgan fingerprint density at radius 1 is 0.950 bits per heavy atom. The average molecular weight is 287 g/mol. The Morgan fingerprint density at radius 2 is 1.50 bits per heavy atom. The highest BCUT2D eigenvalue weighted by Crippen LogP contribution is 2.31. The van der Waals surface area contributed by atoms with Crippen molar-refractivity contribution in [3.63, 3.8) is 0 Å². The van der Waals surface area contributed by atoms with E-state index in [4.69, 9.17) is 11.6 Å². The minimum atomic E-state index is 0.0224. The standard InChI is InChI=1S/C17H19ClN2/c18-16-13-19-11-12-20(16)17(14-7-3-1-4-8-14)15-9-5-2-6-10-15/h1-10,16-17,19H,11-13H2. The van der Waals surface area contributed by atoms with Crippen molar-refractivity contribution in [2.24, 2.45) is 0 Å². The van der Waals surface area contributed by atoms with Crippen LogP contribution in [0, 0.1) is 0 Å². The molecular formula is C17H19ClN2. The molecule has 0 aliphatic carbocycles. The molecule has 1 aliphatic heterocycles. The van der Waals surface area contributed by atoms with Crippen LogP contribution in [0.5, 0.6) is 0 Å². The summed E-state index contributed by atoms with van der Waals surface area (Å²) in [6, 6.07) is 21.4. The molecule has 1 atom stereocenters. The monoisotopic (exact) mass is 286 g/mol. The van der Waals surface area contributed by atoms with Gasteiger partial charge in [-0.2, -0.15) is 0 Å². The van der Waals surface area contributed by atoms with Gasteiger partial charge < -0.3 is 5.32 Å². The zero-order valence-electron chi connectivity index (χ0n) is 11.4. The Labute approximate surface area is 125 Å². The molecule has 0 aromatic heterocycles. The lowest BCUT2D eigenvalue weighted by Gasteiger charge is -2.39. The minimum absolute atomic E-state index is 0.0224. The van der Waals surface area contributed by atoms with Gasteiger partial charge in [-0.15, -0.1) is 11.6 Å². The Kier molecular flexibility index (Phi) is 4.36. The lowest BCUT2D eigenvalue weighted by atomic mass is 9.96. The Balaban J connectivity index is 1.99. The van der Waals surface area contributed by atoms with Gasteiger partial charge in [0.2, 0.25) is 0 Å². The second kappa shape index (κ2) is 6.40. The molecule has 0 spiro atoms. The van der Waals surface area contributed by atoms with E-state index in [1.54, 1.807) is 0 Å². The molecule has 0 radical (unpaired) electrons. The van der Waals surface area contributed by atoms with E-state index >= 15 is 0 Å². The van der Waals surface area contributed by atoms with Crippen LogP contribution in [0.1, 0.15) is 17.2 Å². The molecule has 2 aromatic rings. The number of rotatable bonds is 3. The van der Waals surface area contributed by atoms with Crippen molar-refractivity contribution in [1.82, 2.24) is 10.2 Å². The summed E-state index contributed by atoms with van der Waals surface area (Å²) in [5, 5.41) is 3.35. The molecule has 0 saturated carbocycles. The van der Waals surface area contributed by atoms with E-state index in [1.165, 1.54) is 11.1 Å². The van der Waals surface area contributed by atoms with Gasteiger partial charge in [-0.3, -0.25) is 4.90 Å². The number of benzene rings is 2. The molecule has 1 fully saturated rings. The van der Waals surface area contributed by atoms with Crippen molar-refractivity contribution in [2.45, 2.75) is 11.5 Å². The summed E-state index contributed by atoms with van der Waals surface area (Å²) in [6.07, 6.45) is 0. The normalized spacial score (nSPS) is 20.2. The van der Waals surface area contributed by atoms with Gasteiger partial charge in [-0.1, -0.05) is 60.7 Å². The predicted molar refractivity (Wildman–Crippen MR) is 83.9 cm³/mol. The van der Waals surface area contributed by atoms with Crippen LogP contribution in [0.2, 0.25) is 0 Å². The number of hydrogen-bond donors (Lipinski definition) is 1. The van der Waals surface area contributed by atoms with Crippen molar-refractivity contribution in [2.75, 3.05) is 19.6 Å². The first kappa shape index (κ1) is 13.6. The zero-order chi connectivity index (χ0) is 13.8. The van der Waals surface area contributed by atoms with Gasteiger partial charge in [0.15, 0.2) is 0 Å². The molecule has 1 aliphatic rings. The lowest BCUT2D eigenvalue weighted by Crippen LogP contribution is -2.50. The SMILES string of the molecule is ClC1CNCCN1C(c1ccccc1)c1ccccc1. The van der Waals surface area contributed by atoms with E-state index < -0.39 is 0 Å². The Bertz CT molecular complexity index is 490. The molecule has 0 amide bonds. The van der Waals surface area contributed by atoms with Crippen LogP contribution < -0.4 is 5.32 Å². The Morgan fingerprint density at radius 3 is 2.00 bits per heavy atom. The molecule has 1 N–H and O–H groups in total. The van der Waals surface area contributed by atoms with Crippen LogP contribution in [0.25, 0.3) is 0 Å². The highest BCUT2D eigenvalue weighted by atomic mass is 35.5. The van der Waals surface area contributed by atoms with Crippen molar-refractivity contribution in [3.05, 3.63) is 71.8 Å². The maximum absolute atomic E-state index is 6.54. The number of hydrogen-bond acceptors (Lipinski definition) is 2. The Hall–Kier alpha value is -1.35. The smallest absolute Gasteiger partial charge is 0.0984 e. The zero-order valence-corrected chi connectivity index (χ0v) is 12.1. The molecule has 0 bridgehead atoms. The number of piperazine rings is 1. The van der Waals surface area contributed by atoms with Gasteiger partial charge in [0.05, 0.1) is 11.5 Å². The van der Waals surface area contributed by atoms with Crippen LogP contribution in [0.3, 0.4) is 0 Å². The van der Waals surface area contributed by atoms with Crippen LogP contribution in [0.4, 0.5) is 0 Å². The fraction of sp³-hybridized carbons (Fsp3) is 0.294. The molecule has 2 aromatic carbocycles. The van der Waals surface area contributed by atoms with E-state index in [1.807, 2.05) is 0 Å². The maximum Gasteiger partial charge on any atom is 0.0984 e. The maximum atomic E-state index is 6.54. The third kappa shape index (κ3) is 2.88. The third-order valence-corrected chi connectivity index (χ3v) is 4.19. The van der Waals surface area contributed by atoms with E-state index in [0.29, 0.717) is 0 Å². The first-order valence-electron chi connectivity index (χ1n) is 7.06. The molecule has 1 heterocycles. The van der Waals surface area contributed by atoms with Gasteiger partial charge in [0.1, 0.15) is 0 Å². The quantitative estimate of drug-likeness (QED) is 0.688.